The van der Waals surface area contributed by atoms with Crippen LogP contribution in [-0.4, -0.2) is 26.8 Å². The predicted molar refractivity (Wildman–Crippen MR) is 118 cm³/mol. The number of hydrogen-bond donors (Lipinski definition) is 2. The summed E-state index contributed by atoms with van der Waals surface area (Å²) < 4.78 is 41.0. The number of nitriles is 1. The number of nitrogens with one attached hydrogen (secondary N) is 1. The van der Waals surface area contributed by atoms with Crippen molar-refractivity contribution in [3.63, 3.8) is 0 Å². The number of aliphatic hydroxyl groups excluding tert-OH is 1. The molecule has 0 bridgehead atoms. The van der Waals surface area contributed by atoms with Gasteiger partial charge in [-0.3, -0.25) is 4.79 Å². The fourth-order valence-corrected chi connectivity index (χ4v) is 3.65. The summed E-state index contributed by atoms with van der Waals surface area (Å²) in [6.07, 6.45) is -0.0551. The molecular formula is C25H19F3N4O2. The van der Waals surface area contributed by atoms with Crippen LogP contribution in [0.4, 0.5) is 13.2 Å². The van der Waals surface area contributed by atoms with Gasteiger partial charge in [0, 0.05) is 6.07 Å². The lowest BCUT2D eigenvalue weighted by atomic mass is 9.94. The van der Waals surface area contributed by atoms with E-state index in [1.54, 1.807) is 42.5 Å². The smallest absolute Gasteiger partial charge is 0.384 e. The number of amides is 1. The van der Waals surface area contributed by atoms with Crippen molar-refractivity contribution in [3.05, 3.63) is 107 Å². The van der Waals surface area contributed by atoms with Crippen molar-refractivity contribution in [2.45, 2.75) is 24.7 Å². The molecule has 4 rings (SSSR count). The number of aromatic nitrogens is 2. The van der Waals surface area contributed by atoms with E-state index in [9.17, 15) is 23.1 Å². The van der Waals surface area contributed by atoms with Gasteiger partial charge >= 0.3 is 6.18 Å². The first-order valence-electron chi connectivity index (χ1n) is 10.4. The van der Waals surface area contributed by atoms with Gasteiger partial charge in [0.05, 0.1) is 23.4 Å². The van der Waals surface area contributed by atoms with Gasteiger partial charge in [-0.25, -0.2) is 4.68 Å². The van der Waals surface area contributed by atoms with E-state index in [0.29, 0.717) is 23.6 Å². The summed E-state index contributed by atoms with van der Waals surface area (Å²) in [4.78, 5) is 13.0. The van der Waals surface area contributed by atoms with E-state index >= 15 is 0 Å². The first kappa shape index (κ1) is 23.0. The molecule has 1 aromatic heterocycles. The van der Waals surface area contributed by atoms with Crippen LogP contribution in [0.3, 0.4) is 0 Å². The Balaban J connectivity index is 1.62. The normalized spacial score (nSPS) is 16.4. The Morgan fingerprint density at radius 2 is 1.94 bits per heavy atom. The maximum absolute atomic E-state index is 13.4. The zero-order valence-electron chi connectivity index (χ0n) is 17.7. The van der Waals surface area contributed by atoms with E-state index in [1.165, 1.54) is 24.3 Å². The number of benzene rings is 2. The number of aliphatic hydroxyl groups is 1. The minimum Gasteiger partial charge on any atom is -0.384 e. The molecule has 9 heteroatoms. The van der Waals surface area contributed by atoms with Gasteiger partial charge in [0.25, 0.3) is 5.91 Å². The molecule has 0 saturated heterocycles. The van der Waals surface area contributed by atoms with Crippen LogP contribution < -0.4 is 5.32 Å². The molecule has 6 nitrogen and oxygen atoms in total. The first-order chi connectivity index (χ1) is 16.3. The molecule has 0 spiro atoms. The van der Waals surface area contributed by atoms with E-state index in [2.05, 4.69) is 10.4 Å². The minimum atomic E-state index is -4.76. The van der Waals surface area contributed by atoms with Crippen LogP contribution in [0.25, 0.3) is 5.69 Å². The highest BCUT2D eigenvalue weighted by molar-refractivity contribution is 5.93. The highest BCUT2D eigenvalue weighted by atomic mass is 19.4. The monoisotopic (exact) mass is 464 g/mol. The molecule has 2 aromatic carbocycles. The molecular weight excluding hydrogens is 445 g/mol. The van der Waals surface area contributed by atoms with Gasteiger partial charge in [0.15, 0.2) is 5.69 Å². The third-order valence-electron chi connectivity index (χ3n) is 5.29. The minimum absolute atomic E-state index is 0.152. The summed E-state index contributed by atoms with van der Waals surface area (Å²) in [5.74, 6) is -0.768. The molecule has 1 aliphatic carbocycles. The van der Waals surface area contributed by atoms with E-state index in [1.807, 2.05) is 12.1 Å². The lowest BCUT2D eigenvalue weighted by molar-refractivity contribution is -0.141. The Hall–Kier alpha value is -4.16. The van der Waals surface area contributed by atoms with Crippen molar-refractivity contribution in [1.29, 1.82) is 5.26 Å². The molecule has 2 N–H and O–H groups in total. The Bertz CT molecular complexity index is 1300. The first-order valence-corrected chi connectivity index (χ1v) is 10.4. The Morgan fingerprint density at radius 1 is 1.18 bits per heavy atom. The average Bonchev–Trinajstić information content (AvgIpc) is 3.31. The largest absolute Gasteiger partial charge is 0.435 e. The molecule has 2 atom stereocenters. The fourth-order valence-electron chi connectivity index (χ4n) is 3.65. The van der Waals surface area contributed by atoms with Gasteiger partial charge in [-0.1, -0.05) is 54.6 Å². The summed E-state index contributed by atoms with van der Waals surface area (Å²) in [7, 11) is 0. The van der Waals surface area contributed by atoms with Gasteiger partial charge in [-0.05, 0) is 35.8 Å². The topological polar surface area (TPSA) is 90.9 Å². The molecule has 1 heterocycles. The van der Waals surface area contributed by atoms with Gasteiger partial charge in [0.2, 0.25) is 0 Å². The van der Waals surface area contributed by atoms with Crippen LogP contribution in [0.1, 0.15) is 39.8 Å². The highest BCUT2D eigenvalue weighted by Gasteiger charge is 2.36. The molecule has 0 fully saturated rings. The van der Waals surface area contributed by atoms with E-state index < -0.39 is 29.9 Å². The number of hydrogen-bond acceptors (Lipinski definition) is 4. The van der Waals surface area contributed by atoms with E-state index in [-0.39, 0.29) is 16.9 Å². The molecule has 1 amide bonds. The molecule has 0 saturated carbocycles. The lowest BCUT2D eigenvalue weighted by Gasteiger charge is -2.21. The van der Waals surface area contributed by atoms with Crippen molar-refractivity contribution in [1.82, 2.24) is 15.1 Å². The van der Waals surface area contributed by atoms with Crippen molar-refractivity contribution < 1.29 is 23.1 Å². The van der Waals surface area contributed by atoms with Gasteiger partial charge in [-0.15, -0.1) is 0 Å². The zero-order chi connectivity index (χ0) is 24.3. The third kappa shape index (κ3) is 4.92. The number of alkyl halides is 3. The number of nitrogens with zero attached hydrogens (tertiary/aromatic N) is 3. The van der Waals surface area contributed by atoms with Crippen LogP contribution in [-0.2, 0) is 6.18 Å². The van der Waals surface area contributed by atoms with Crippen molar-refractivity contribution in [2.75, 3.05) is 0 Å². The van der Waals surface area contributed by atoms with Gasteiger partial charge < -0.3 is 10.4 Å². The van der Waals surface area contributed by atoms with Crippen LogP contribution in [0.5, 0.6) is 0 Å². The maximum Gasteiger partial charge on any atom is 0.435 e. The van der Waals surface area contributed by atoms with Crippen LogP contribution >= 0.6 is 0 Å². The molecule has 0 aliphatic heterocycles. The number of rotatable bonds is 5. The maximum atomic E-state index is 13.4. The molecule has 3 aromatic rings. The summed E-state index contributed by atoms with van der Waals surface area (Å²) in [5, 5.41) is 26.0. The third-order valence-corrected chi connectivity index (χ3v) is 5.29. The highest BCUT2D eigenvalue weighted by Crippen LogP contribution is 2.30. The fraction of sp³-hybridized carbons (Fsp3) is 0.160. The molecule has 172 valence electrons. The standard InChI is InChI=1S/C25H19F3N4O2/c26-25(27,28)22-14-21(32(31-22)20-11-4-6-16(12-20)15-29)24(34)30-19-10-5-9-18(13-19)23(33)17-7-2-1-3-8-17/h1-9,11-14,19,23,33H,10H2,(H,30,34). The second kappa shape index (κ2) is 9.37. The average molecular weight is 464 g/mol. The number of carbonyl (C=O) groups is 1. The Morgan fingerprint density at radius 3 is 2.65 bits per heavy atom. The summed E-state index contributed by atoms with van der Waals surface area (Å²) >= 11 is 0. The quantitative estimate of drug-likeness (QED) is 0.583. The Kier molecular flexibility index (Phi) is 6.34. The Labute approximate surface area is 193 Å². The van der Waals surface area contributed by atoms with Crippen molar-refractivity contribution in [2.24, 2.45) is 0 Å². The molecule has 2 unspecified atom stereocenters. The molecule has 0 radical (unpaired) electrons. The SMILES string of the molecule is N#Cc1cccc(-n2nc(C(F)(F)F)cc2C(=O)NC2C=C(C(O)c3ccccc3)C=CC2)c1. The summed E-state index contributed by atoms with van der Waals surface area (Å²) in [6.45, 7) is 0. The van der Waals surface area contributed by atoms with Gasteiger partial charge in [-0.2, -0.15) is 23.5 Å². The van der Waals surface area contributed by atoms with Crippen LogP contribution in [0.15, 0.2) is 84.5 Å². The van der Waals surface area contributed by atoms with E-state index in [0.717, 1.165) is 4.68 Å². The summed E-state index contributed by atoms with van der Waals surface area (Å²) in [5.41, 5.74) is 0.0613. The second-order valence-corrected chi connectivity index (χ2v) is 7.68. The molecule has 1 aliphatic rings. The van der Waals surface area contributed by atoms with Crippen molar-refractivity contribution in [3.8, 4) is 11.8 Å². The van der Waals surface area contributed by atoms with Gasteiger partial charge in [0.1, 0.15) is 11.8 Å². The second-order valence-electron chi connectivity index (χ2n) is 7.68. The summed E-state index contributed by atoms with van der Waals surface area (Å²) in [6, 6.07) is 16.8. The number of carbonyl (C=O) groups excluding carboxylic acids is 1. The predicted octanol–water partition coefficient (Wildman–Crippen LogP) is 4.48. The molecule has 34 heavy (non-hydrogen) atoms. The lowest BCUT2D eigenvalue weighted by Crippen LogP contribution is -2.35. The van der Waals surface area contributed by atoms with Crippen LogP contribution in [0.2, 0.25) is 0 Å². The van der Waals surface area contributed by atoms with Crippen LogP contribution in [0, 0.1) is 11.3 Å². The zero-order valence-corrected chi connectivity index (χ0v) is 17.7. The van der Waals surface area contributed by atoms with Crippen molar-refractivity contribution >= 4 is 5.91 Å². The number of halogens is 3. The van der Waals surface area contributed by atoms with E-state index in [4.69, 9.17) is 5.26 Å².